The van der Waals surface area contributed by atoms with E-state index in [1.54, 1.807) is 33.0 Å². The number of aliphatic imine (C=N–C) groups is 1. The van der Waals surface area contributed by atoms with Crippen LogP contribution >= 0.6 is 0 Å². The number of carboxylic acid groups (broad SMARTS) is 1. The normalized spacial score (nSPS) is 13.6. The Morgan fingerprint density at radius 1 is 0.962 bits per heavy atom. The molecule has 12 nitrogen and oxygen atoms in total. The van der Waals surface area contributed by atoms with Crippen LogP contribution in [0, 0.1) is 20.8 Å². The van der Waals surface area contributed by atoms with Crippen molar-refractivity contribution in [1.82, 2.24) is 14.6 Å². The van der Waals surface area contributed by atoms with Gasteiger partial charge in [0, 0.05) is 31.6 Å². The van der Waals surface area contributed by atoms with Gasteiger partial charge in [-0.05, 0) is 85.5 Å². The molecule has 5 N–H and O–H groups in total. The quantitative estimate of drug-likeness (QED) is 0.0869. The summed E-state index contributed by atoms with van der Waals surface area (Å²) < 4.78 is 36.5. The van der Waals surface area contributed by atoms with Crippen LogP contribution in [-0.4, -0.2) is 48.5 Å². The van der Waals surface area contributed by atoms with Crippen molar-refractivity contribution in [2.45, 2.75) is 69.9 Å². The number of guanidine groups is 1. The predicted octanol–water partition coefficient (Wildman–Crippen LogP) is 4.70. The molecule has 0 spiro atoms. The van der Waals surface area contributed by atoms with Gasteiger partial charge in [0.05, 0.1) is 10.7 Å². The lowest BCUT2D eigenvalue weighted by atomic mass is 9.91. The average molecular weight is 726 g/mol. The number of nitrogens with two attached hydrogens (primary N) is 1. The summed E-state index contributed by atoms with van der Waals surface area (Å²) in [6.07, 6.45) is 2.87. The van der Waals surface area contributed by atoms with E-state index < -0.39 is 33.5 Å². The first-order valence-electron chi connectivity index (χ1n) is 16.9. The third-order valence-electron chi connectivity index (χ3n) is 9.30. The summed E-state index contributed by atoms with van der Waals surface area (Å²) >= 11 is 0. The van der Waals surface area contributed by atoms with E-state index in [1.807, 2.05) is 60.7 Å². The third kappa shape index (κ3) is 8.43. The number of nitrogens with zero attached hydrogens (tertiary/aromatic N) is 2. The highest BCUT2D eigenvalue weighted by atomic mass is 32.2. The Balaban J connectivity index is 1.23. The number of carboxylic acids is 1. The number of pyridine rings is 1. The zero-order valence-corrected chi connectivity index (χ0v) is 30.2. The smallest absolute Gasteiger partial charge is 0.326 e. The number of hydrogen-bond donors (Lipinski definition) is 4. The van der Waals surface area contributed by atoms with Gasteiger partial charge >= 0.3 is 5.97 Å². The first-order valence-corrected chi connectivity index (χ1v) is 18.4. The molecule has 1 amide bonds. The van der Waals surface area contributed by atoms with Gasteiger partial charge < -0.3 is 25.5 Å². The number of carbonyl (C=O) groups excluding carboxylic acids is 1. The lowest BCUT2D eigenvalue weighted by Crippen LogP contribution is -2.43. The number of hydrogen-bond acceptors (Lipinski definition) is 7. The van der Waals surface area contributed by atoms with Gasteiger partial charge in [-0.2, -0.15) is 0 Å². The lowest BCUT2D eigenvalue weighted by molar-refractivity contribution is -0.139. The van der Waals surface area contributed by atoms with Gasteiger partial charge in [-0.3, -0.25) is 14.6 Å². The van der Waals surface area contributed by atoms with Crippen LogP contribution in [0.4, 0.5) is 0 Å². The van der Waals surface area contributed by atoms with Crippen molar-refractivity contribution >= 4 is 27.9 Å². The van der Waals surface area contributed by atoms with E-state index in [4.69, 9.17) is 10.5 Å². The summed E-state index contributed by atoms with van der Waals surface area (Å²) in [5.74, 6) is -1.39. The van der Waals surface area contributed by atoms with Crippen LogP contribution in [0.15, 0.2) is 106 Å². The average Bonchev–Trinajstić information content (AvgIpc) is 3.11. The van der Waals surface area contributed by atoms with Gasteiger partial charge in [0.25, 0.3) is 21.5 Å². The number of nitrogens with one attached hydrogen (secondary N) is 2. The summed E-state index contributed by atoms with van der Waals surface area (Å²) in [6, 6.07) is 21.1. The molecule has 52 heavy (non-hydrogen) atoms. The van der Waals surface area contributed by atoms with Crippen LogP contribution in [0.1, 0.15) is 68.9 Å². The van der Waals surface area contributed by atoms with Crippen molar-refractivity contribution in [1.29, 1.82) is 0 Å². The maximum Gasteiger partial charge on any atom is 0.326 e. The molecular formula is C39H43N5O7S. The summed E-state index contributed by atoms with van der Waals surface area (Å²) in [4.78, 5) is 43.1. The van der Waals surface area contributed by atoms with Gasteiger partial charge in [-0.1, -0.05) is 67.2 Å². The van der Waals surface area contributed by atoms with Gasteiger partial charge in [0.2, 0.25) is 5.96 Å². The SMILES string of the molecule is C=C1CCc2c(C)c(S(=O)(=O)NC(N)=NCCC[C@H](NC(=O)c3cccn(CC(c4ccccc4)c4ccccc4)c3=O)C(=O)O)c(C)c(C)c2O1. The summed E-state index contributed by atoms with van der Waals surface area (Å²) in [7, 11) is -4.12. The summed E-state index contributed by atoms with van der Waals surface area (Å²) in [5.41, 5.74) is 9.78. The molecule has 2 heterocycles. The fraction of sp³-hybridized carbons (Fsp3) is 0.282. The number of sulfonamides is 1. The van der Waals surface area contributed by atoms with Gasteiger partial charge in [0.15, 0.2) is 0 Å². The Morgan fingerprint density at radius 3 is 2.21 bits per heavy atom. The minimum Gasteiger partial charge on any atom is -0.480 e. The molecule has 1 atom stereocenters. The largest absolute Gasteiger partial charge is 0.480 e. The van der Waals surface area contributed by atoms with E-state index in [-0.39, 0.29) is 48.3 Å². The minimum atomic E-state index is -4.12. The van der Waals surface area contributed by atoms with E-state index >= 15 is 0 Å². The van der Waals surface area contributed by atoms with Crippen molar-refractivity contribution in [3.8, 4) is 5.75 Å². The molecule has 1 aliphatic heterocycles. The molecule has 0 aliphatic carbocycles. The molecule has 1 aliphatic rings. The second-order valence-electron chi connectivity index (χ2n) is 12.8. The zero-order valence-electron chi connectivity index (χ0n) is 29.4. The molecule has 0 bridgehead atoms. The Labute approximate surface area is 303 Å². The highest BCUT2D eigenvalue weighted by Crippen LogP contribution is 2.40. The van der Waals surface area contributed by atoms with E-state index in [9.17, 15) is 27.9 Å². The Hall–Kier alpha value is -5.69. The van der Waals surface area contributed by atoms with Crippen molar-refractivity contribution in [2.24, 2.45) is 10.7 Å². The third-order valence-corrected chi connectivity index (χ3v) is 10.9. The fourth-order valence-corrected chi connectivity index (χ4v) is 8.02. The molecule has 0 fully saturated rings. The zero-order chi connectivity index (χ0) is 37.6. The molecule has 1 aromatic heterocycles. The van der Waals surface area contributed by atoms with Crippen LogP contribution in [0.25, 0.3) is 0 Å². The minimum absolute atomic E-state index is 0.0242. The molecule has 0 unspecified atom stereocenters. The van der Waals surface area contributed by atoms with E-state index in [0.717, 1.165) is 16.7 Å². The lowest BCUT2D eigenvalue weighted by Gasteiger charge is -2.26. The number of benzene rings is 3. The van der Waals surface area contributed by atoms with Gasteiger partial charge in [-0.25, -0.2) is 17.9 Å². The second kappa shape index (κ2) is 16.1. The van der Waals surface area contributed by atoms with Crippen molar-refractivity contribution in [3.63, 3.8) is 0 Å². The number of aliphatic carboxylic acids is 1. The number of aromatic nitrogens is 1. The van der Waals surface area contributed by atoms with Gasteiger partial charge in [0.1, 0.15) is 17.4 Å². The number of fused-ring (bicyclic) bond motifs is 1. The molecule has 272 valence electrons. The fourth-order valence-electron chi connectivity index (χ4n) is 6.49. The highest BCUT2D eigenvalue weighted by molar-refractivity contribution is 7.90. The van der Waals surface area contributed by atoms with Crippen LogP contribution in [-0.2, 0) is 27.8 Å². The topological polar surface area (TPSA) is 182 Å². The maximum atomic E-state index is 13.5. The maximum absolute atomic E-state index is 13.5. The molecule has 0 radical (unpaired) electrons. The van der Waals surface area contributed by atoms with Crippen molar-refractivity contribution in [2.75, 3.05) is 6.54 Å². The van der Waals surface area contributed by atoms with Crippen LogP contribution < -0.4 is 26.1 Å². The Kier molecular flexibility index (Phi) is 11.6. The molecule has 4 aromatic rings. The number of rotatable bonds is 13. The standard InChI is InChI=1S/C39H43N5O7S/c1-24-19-20-30-27(4)35(26(3)25(2)34(30)51-24)52(49,50)43-39(40)41-21-11-18-33(38(47)48)42-36(45)31-17-12-22-44(37(31)46)23-32(28-13-7-5-8-14-28)29-15-9-6-10-16-29/h5-10,12-17,22,32-33H,1,11,18-21,23H2,2-4H3,(H,42,45)(H,47,48)(H3,40,41,43)/t33-/m0/s1. The molecular weight excluding hydrogens is 683 g/mol. The van der Waals surface area contributed by atoms with E-state index in [0.29, 0.717) is 41.0 Å². The Bertz CT molecular complexity index is 2140. The number of carbonyl (C=O) groups is 2. The van der Waals surface area contributed by atoms with E-state index in [2.05, 4.69) is 21.6 Å². The number of ether oxygens (including phenoxy) is 1. The second-order valence-corrected chi connectivity index (χ2v) is 14.4. The van der Waals surface area contributed by atoms with Crippen LogP contribution in [0.2, 0.25) is 0 Å². The number of amides is 1. The Morgan fingerprint density at radius 2 is 1.60 bits per heavy atom. The van der Waals surface area contributed by atoms with Crippen molar-refractivity contribution < 1.29 is 27.9 Å². The summed E-state index contributed by atoms with van der Waals surface area (Å²) in [5, 5.41) is 12.3. The molecule has 5 rings (SSSR count). The van der Waals surface area contributed by atoms with Crippen molar-refractivity contribution in [3.05, 3.63) is 141 Å². The molecule has 0 saturated heterocycles. The van der Waals surface area contributed by atoms with E-state index in [1.165, 1.54) is 10.6 Å². The molecule has 13 heteroatoms. The van der Waals surface area contributed by atoms with Crippen LogP contribution in [0.3, 0.4) is 0 Å². The first-order chi connectivity index (χ1) is 24.8. The highest BCUT2D eigenvalue weighted by Gasteiger charge is 2.29. The monoisotopic (exact) mass is 725 g/mol. The van der Waals surface area contributed by atoms with Crippen LogP contribution in [0.5, 0.6) is 5.75 Å². The van der Waals surface area contributed by atoms with Gasteiger partial charge in [-0.15, -0.1) is 0 Å². The summed E-state index contributed by atoms with van der Waals surface area (Å²) in [6.45, 7) is 9.34. The molecule has 3 aromatic carbocycles. The number of allylic oxidation sites excluding steroid dienone is 1. The molecule has 0 saturated carbocycles. The first kappa shape index (κ1) is 37.6. The predicted molar refractivity (Wildman–Crippen MR) is 199 cm³/mol.